The van der Waals surface area contributed by atoms with Gasteiger partial charge in [-0.15, -0.1) is 0 Å². The molecule has 0 aliphatic carbocycles. The molecular formula is C12H12ClF3N4O. The molecule has 0 fully saturated rings. The lowest BCUT2D eigenvalue weighted by molar-refractivity contribution is -0.142. The summed E-state index contributed by atoms with van der Waals surface area (Å²) >= 11 is 5.95. The number of alkyl halides is 3. The molecule has 0 aliphatic rings. The van der Waals surface area contributed by atoms with Crippen LogP contribution in [0.15, 0.2) is 6.07 Å². The van der Waals surface area contributed by atoms with Crippen molar-refractivity contribution in [1.29, 1.82) is 0 Å². The van der Waals surface area contributed by atoms with Gasteiger partial charge in [0.2, 0.25) is 0 Å². The zero-order chi connectivity index (χ0) is 15.8. The van der Waals surface area contributed by atoms with Gasteiger partial charge in [0.05, 0.1) is 0 Å². The minimum atomic E-state index is -4.63. The fourth-order valence-electron chi connectivity index (χ4n) is 1.78. The highest BCUT2D eigenvalue weighted by Gasteiger charge is 2.36. The van der Waals surface area contributed by atoms with Crippen LogP contribution in [0.25, 0.3) is 5.65 Å². The van der Waals surface area contributed by atoms with E-state index in [0.717, 1.165) is 6.07 Å². The Balaban J connectivity index is 2.62. The van der Waals surface area contributed by atoms with E-state index in [9.17, 15) is 18.0 Å². The molecule has 2 aromatic rings. The first-order valence-corrected chi connectivity index (χ1v) is 6.54. The smallest absolute Gasteiger partial charge is 0.351 e. The van der Waals surface area contributed by atoms with E-state index in [0.29, 0.717) is 17.5 Å². The van der Waals surface area contributed by atoms with Crippen molar-refractivity contribution >= 4 is 23.2 Å². The third-order valence-corrected chi connectivity index (χ3v) is 3.05. The number of hydrogen-bond acceptors (Lipinski definition) is 3. The summed E-state index contributed by atoms with van der Waals surface area (Å²) in [5.74, 6) is -0.627. The number of carbonyl (C=O) groups excluding carboxylic acids is 1. The molecule has 0 saturated heterocycles. The Hall–Kier alpha value is -1.83. The highest BCUT2D eigenvalue weighted by atomic mass is 35.5. The van der Waals surface area contributed by atoms with Crippen molar-refractivity contribution in [3.63, 3.8) is 0 Å². The van der Waals surface area contributed by atoms with Crippen LogP contribution in [0.1, 0.15) is 35.2 Å². The molecule has 0 saturated carbocycles. The minimum absolute atomic E-state index is 0.136. The summed E-state index contributed by atoms with van der Waals surface area (Å²) in [7, 11) is 0. The number of hydrogen-bond donors (Lipinski definition) is 1. The molecule has 1 N–H and O–H groups in total. The van der Waals surface area contributed by atoms with Gasteiger partial charge < -0.3 is 5.32 Å². The van der Waals surface area contributed by atoms with Gasteiger partial charge in [0.1, 0.15) is 10.7 Å². The molecule has 9 heteroatoms. The molecule has 21 heavy (non-hydrogen) atoms. The van der Waals surface area contributed by atoms with E-state index < -0.39 is 17.8 Å². The Bertz CT molecular complexity index is 696. The van der Waals surface area contributed by atoms with Gasteiger partial charge in [-0.3, -0.25) is 4.79 Å². The van der Waals surface area contributed by atoms with E-state index in [2.05, 4.69) is 15.4 Å². The normalized spacial score (nSPS) is 11.9. The summed E-state index contributed by atoms with van der Waals surface area (Å²) in [5, 5.41) is 5.98. The van der Waals surface area contributed by atoms with Gasteiger partial charge in [0.25, 0.3) is 5.91 Å². The molecule has 5 nitrogen and oxygen atoms in total. The Kier molecular flexibility index (Phi) is 4.08. The van der Waals surface area contributed by atoms with Crippen molar-refractivity contribution < 1.29 is 18.0 Å². The number of carbonyl (C=O) groups is 1. The van der Waals surface area contributed by atoms with Crippen LogP contribution in [0.4, 0.5) is 13.2 Å². The second kappa shape index (κ2) is 5.51. The molecule has 2 aromatic heterocycles. The lowest BCUT2D eigenvalue weighted by Crippen LogP contribution is -2.24. The fourth-order valence-corrected chi connectivity index (χ4v) is 2.03. The van der Waals surface area contributed by atoms with Crippen LogP contribution < -0.4 is 5.32 Å². The topological polar surface area (TPSA) is 59.3 Å². The Morgan fingerprint density at radius 3 is 2.71 bits per heavy atom. The molecular weight excluding hydrogens is 309 g/mol. The highest BCUT2D eigenvalue weighted by Crippen LogP contribution is 2.32. The largest absolute Gasteiger partial charge is 0.433 e. The van der Waals surface area contributed by atoms with Crippen LogP contribution in [-0.2, 0) is 6.18 Å². The number of halogens is 4. The molecule has 0 aliphatic heterocycles. The zero-order valence-electron chi connectivity index (χ0n) is 11.3. The van der Waals surface area contributed by atoms with Crippen molar-refractivity contribution in [3.8, 4) is 0 Å². The number of rotatable bonds is 3. The maximum atomic E-state index is 13.0. The first-order chi connectivity index (χ1) is 9.75. The van der Waals surface area contributed by atoms with Gasteiger partial charge in [0, 0.05) is 12.2 Å². The van der Waals surface area contributed by atoms with Crippen LogP contribution in [-0.4, -0.2) is 27.0 Å². The molecule has 0 bridgehead atoms. The van der Waals surface area contributed by atoms with Gasteiger partial charge in [-0.25, -0.2) is 9.50 Å². The van der Waals surface area contributed by atoms with Gasteiger partial charge in [-0.05, 0) is 19.4 Å². The van der Waals surface area contributed by atoms with Crippen molar-refractivity contribution in [2.75, 3.05) is 6.54 Å². The fraction of sp³-hybridized carbons (Fsp3) is 0.417. The molecule has 0 atom stereocenters. The Morgan fingerprint density at radius 2 is 2.14 bits per heavy atom. The van der Waals surface area contributed by atoms with E-state index in [1.54, 1.807) is 0 Å². The average molecular weight is 321 g/mol. The Morgan fingerprint density at radius 1 is 1.48 bits per heavy atom. The highest BCUT2D eigenvalue weighted by molar-refractivity contribution is 6.36. The molecule has 2 heterocycles. The van der Waals surface area contributed by atoms with Crippen molar-refractivity contribution in [1.82, 2.24) is 19.9 Å². The molecule has 114 valence electrons. The minimum Gasteiger partial charge on any atom is -0.351 e. The van der Waals surface area contributed by atoms with E-state index in [1.807, 2.05) is 6.92 Å². The quantitative estimate of drug-likeness (QED) is 0.946. The molecule has 0 aromatic carbocycles. The molecule has 0 spiro atoms. The second-order valence-electron chi connectivity index (χ2n) is 4.43. The number of aryl methyl sites for hydroxylation is 1. The van der Waals surface area contributed by atoms with E-state index in [4.69, 9.17) is 11.6 Å². The molecule has 1 amide bonds. The first-order valence-electron chi connectivity index (χ1n) is 6.17. The van der Waals surface area contributed by atoms with E-state index in [1.165, 1.54) is 6.92 Å². The second-order valence-corrected chi connectivity index (χ2v) is 4.81. The van der Waals surface area contributed by atoms with Crippen LogP contribution in [0.2, 0.25) is 5.02 Å². The monoisotopic (exact) mass is 320 g/mol. The van der Waals surface area contributed by atoms with Crippen LogP contribution >= 0.6 is 11.6 Å². The number of fused-ring (bicyclic) bond motifs is 1. The summed E-state index contributed by atoms with van der Waals surface area (Å²) in [5.41, 5.74) is -1.35. The summed E-state index contributed by atoms with van der Waals surface area (Å²) in [6.07, 6.45) is -3.94. The number of nitrogens with one attached hydrogen (secondary N) is 1. The summed E-state index contributed by atoms with van der Waals surface area (Å²) in [4.78, 5) is 15.8. The molecule has 2 rings (SSSR count). The predicted molar refractivity (Wildman–Crippen MR) is 70.4 cm³/mol. The van der Waals surface area contributed by atoms with E-state index in [-0.39, 0.29) is 22.1 Å². The van der Waals surface area contributed by atoms with Gasteiger partial charge >= 0.3 is 6.18 Å². The van der Waals surface area contributed by atoms with Crippen LogP contribution in [0, 0.1) is 6.92 Å². The first kappa shape index (κ1) is 15.6. The zero-order valence-corrected chi connectivity index (χ0v) is 12.0. The van der Waals surface area contributed by atoms with Gasteiger partial charge in [0.15, 0.2) is 11.3 Å². The summed E-state index contributed by atoms with van der Waals surface area (Å²) < 4.78 is 39.6. The SMILES string of the molecule is CCCNC(=O)c1nn2c(C(F)(F)F)cc(C)nc2c1Cl. The van der Waals surface area contributed by atoms with E-state index >= 15 is 0 Å². The third kappa shape index (κ3) is 2.94. The lowest BCUT2D eigenvalue weighted by Gasteiger charge is -2.09. The van der Waals surface area contributed by atoms with Crippen molar-refractivity contribution in [2.45, 2.75) is 26.4 Å². The van der Waals surface area contributed by atoms with Gasteiger partial charge in [-0.1, -0.05) is 18.5 Å². The third-order valence-electron chi connectivity index (χ3n) is 2.70. The molecule has 0 unspecified atom stereocenters. The standard InChI is InChI=1S/C12H12ClF3N4O/c1-3-4-17-11(21)9-8(13)10-18-6(2)5-7(12(14,15)16)20(10)19-9/h5H,3-4H2,1-2H3,(H,17,21). The van der Waals surface area contributed by atoms with Gasteiger partial charge in [-0.2, -0.15) is 18.3 Å². The average Bonchev–Trinajstić information content (AvgIpc) is 2.72. The summed E-state index contributed by atoms with van der Waals surface area (Å²) in [6, 6.07) is 0.851. The lowest BCUT2D eigenvalue weighted by atomic mass is 10.3. The molecule has 0 radical (unpaired) electrons. The summed E-state index contributed by atoms with van der Waals surface area (Å²) in [6.45, 7) is 3.63. The number of amides is 1. The number of nitrogens with zero attached hydrogens (tertiary/aromatic N) is 3. The number of aromatic nitrogens is 3. The van der Waals surface area contributed by atoms with Crippen LogP contribution in [0.3, 0.4) is 0 Å². The van der Waals surface area contributed by atoms with Crippen LogP contribution in [0.5, 0.6) is 0 Å². The maximum Gasteiger partial charge on any atom is 0.433 e. The maximum absolute atomic E-state index is 13.0. The van der Waals surface area contributed by atoms with Crippen molar-refractivity contribution in [3.05, 3.63) is 28.2 Å². The Labute approximate surface area is 123 Å². The van der Waals surface area contributed by atoms with Crippen molar-refractivity contribution in [2.24, 2.45) is 0 Å². The predicted octanol–water partition coefficient (Wildman–Crippen LogP) is 2.85.